The summed E-state index contributed by atoms with van der Waals surface area (Å²) >= 11 is 0. The molecule has 0 radical (unpaired) electrons. The van der Waals surface area contributed by atoms with E-state index in [9.17, 15) is 0 Å². The Kier molecular flexibility index (Phi) is 4.65. The molecular weight excluding hydrogens is 256 g/mol. The van der Waals surface area contributed by atoms with Crippen molar-refractivity contribution in [1.82, 2.24) is 20.4 Å². The van der Waals surface area contributed by atoms with Crippen LogP contribution in [0.4, 0.5) is 0 Å². The van der Waals surface area contributed by atoms with Crippen molar-refractivity contribution in [3.8, 4) is 0 Å². The first-order chi connectivity index (χ1) is 9.81. The molecule has 6 heteroatoms. The lowest BCUT2D eigenvalue weighted by atomic mass is 9.95. The number of hydrogen-bond donors (Lipinski definition) is 1. The van der Waals surface area contributed by atoms with Crippen LogP contribution < -0.4 is 5.32 Å². The van der Waals surface area contributed by atoms with E-state index in [1.54, 1.807) is 0 Å². The molecule has 20 heavy (non-hydrogen) atoms. The molecule has 0 spiro atoms. The fourth-order valence-corrected chi connectivity index (χ4v) is 2.93. The van der Waals surface area contributed by atoms with E-state index >= 15 is 0 Å². The SMILES string of the molecule is CN1CCOC(c2noc(CCC3CCCNC3)n2)C1. The van der Waals surface area contributed by atoms with Gasteiger partial charge in [0.05, 0.1) is 6.61 Å². The maximum atomic E-state index is 5.71. The highest BCUT2D eigenvalue weighted by Crippen LogP contribution is 2.20. The highest BCUT2D eigenvalue weighted by molar-refractivity contribution is 4.94. The number of aryl methyl sites for hydroxylation is 1. The van der Waals surface area contributed by atoms with Gasteiger partial charge in [-0.2, -0.15) is 4.98 Å². The molecule has 0 bridgehead atoms. The van der Waals surface area contributed by atoms with Gasteiger partial charge in [0.2, 0.25) is 11.7 Å². The summed E-state index contributed by atoms with van der Waals surface area (Å²) in [4.78, 5) is 6.74. The average molecular weight is 280 g/mol. The Hall–Kier alpha value is -0.980. The number of hydrogen-bond acceptors (Lipinski definition) is 6. The van der Waals surface area contributed by atoms with Crippen LogP contribution in [0.2, 0.25) is 0 Å². The van der Waals surface area contributed by atoms with Crippen molar-refractivity contribution in [2.75, 3.05) is 39.8 Å². The van der Waals surface area contributed by atoms with E-state index < -0.39 is 0 Å². The molecule has 2 aliphatic heterocycles. The molecule has 0 aromatic carbocycles. The molecule has 0 aliphatic carbocycles. The smallest absolute Gasteiger partial charge is 0.226 e. The second-order valence-electron chi connectivity index (χ2n) is 5.92. The van der Waals surface area contributed by atoms with Crippen LogP contribution in [0.5, 0.6) is 0 Å². The zero-order valence-corrected chi connectivity index (χ0v) is 12.2. The van der Waals surface area contributed by atoms with Crippen molar-refractivity contribution in [1.29, 1.82) is 0 Å². The summed E-state index contributed by atoms with van der Waals surface area (Å²) in [7, 11) is 2.09. The van der Waals surface area contributed by atoms with Gasteiger partial charge >= 0.3 is 0 Å². The van der Waals surface area contributed by atoms with Crippen LogP contribution in [0.1, 0.15) is 37.1 Å². The number of likely N-dealkylation sites (N-methyl/N-ethyl adjacent to an activating group) is 1. The van der Waals surface area contributed by atoms with Crippen molar-refractivity contribution in [3.05, 3.63) is 11.7 Å². The summed E-state index contributed by atoms with van der Waals surface area (Å²) in [6.07, 6.45) is 4.55. The molecule has 2 fully saturated rings. The van der Waals surface area contributed by atoms with Crippen molar-refractivity contribution in [2.24, 2.45) is 5.92 Å². The second kappa shape index (κ2) is 6.65. The van der Waals surface area contributed by atoms with E-state index in [-0.39, 0.29) is 6.10 Å². The van der Waals surface area contributed by atoms with E-state index in [4.69, 9.17) is 9.26 Å². The van der Waals surface area contributed by atoms with Crippen LogP contribution in [-0.2, 0) is 11.2 Å². The van der Waals surface area contributed by atoms with Gasteiger partial charge in [0.1, 0.15) is 6.10 Å². The summed E-state index contributed by atoms with van der Waals surface area (Å²) in [5.74, 6) is 2.20. The van der Waals surface area contributed by atoms with Gasteiger partial charge < -0.3 is 19.5 Å². The third-order valence-electron chi connectivity index (χ3n) is 4.21. The Morgan fingerprint density at radius 1 is 1.45 bits per heavy atom. The fourth-order valence-electron chi connectivity index (χ4n) is 2.93. The number of piperidine rings is 1. The molecular formula is C14H24N4O2. The maximum Gasteiger partial charge on any atom is 0.226 e. The Morgan fingerprint density at radius 2 is 2.40 bits per heavy atom. The quantitative estimate of drug-likeness (QED) is 0.888. The van der Waals surface area contributed by atoms with Gasteiger partial charge in [0.15, 0.2) is 0 Å². The number of nitrogens with zero attached hydrogens (tertiary/aromatic N) is 3. The Morgan fingerprint density at radius 3 is 3.20 bits per heavy atom. The molecule has 1 aromatic heterocycles. The predicted molar refractivity (Wildman–Crippen MR) is 74.4 cm³/mol. The Labute approximate surface area is 119 Å². The van der Waals surface area contributed by atoms with Crippen molar-refractivity contribution in [3.63, 3.8) is 0 Å². The number of ether oxygens (including phenoxy) is 1. The molecule has 2 saturated heterocycles. The molecule has 3 rings (SSSR count). The maximum absolute atomic E-state index is 5.71. The first kappa shape index (κ1) is 14.0. The van der Waals surface area contributed by atoms with Gasteiger partial charge in [-0.25, -0.2) is 0 Å². The minimum Gasteiger partial charge on any atom is -0.367 e. The Balaban J connectivity index is 1.51. The minimum atomic E-state index is -0.0393. The van der Waals surface area contributed by atoms with E-state index in [0.29, 0.717) is 5.82 Å². The number of nitrogens with one attached hydrogen (secondary N) is 1. The van der Waals surface area contributed by atoms with Crippen LogP contribution in [-0.4, -0.2) is 54.9 Å². The van der Waals surface area contributed by atoms with Gasteiger partial charge in [-0.3, -0.25) is 0 Å². The van der Waals surface area contributed by atoms with Gasteiger partial charge in [-0.05, 0) is 45.3 Å². The van der Waals surface area contributed by atoms with Crippen LogP contribution in [0.3, 0.4) is 0 Å². The second-order valence-corrected chi connectivity index (χ2v) is 5.92. The van der Waals surface area contributed by atoms with E-state index in [0.717, 1.165) is 57.4 Å². The lowest BCUT2D eigenvalue weighted by Gasteiger charge is -2.27. The molecule has 1 N–H and O–H groups in total. The van der Waals surface area contributed by atoms with Crippen LogP contribution in [0.25, 0.3) is 0 Å². The molecule has 2 unspecified atom stereocenters. The molecule has 0 saturated carbocycles. The van der Waals surface area contributed by atoms with Crippen LogP contribution in [0.15, 0.2) is 4.52 Å². The van der Waals surface area contributed by atoms with Crippen LogP contribution >= 0.6 is 0 Å². The average Bonchev–Trinajstić information content (AvgIpc) is 2.95. The monoisotopic (exact) mass is 280 g/mol. The molecule has 0 amide bonds. The molecule has 6 nitrogen and oxygen atoms in total. The normalized spacial score (nSPS) is 28.6. The third kappa shape index (κ3) is 3.56. The topological polar surface area (TPSA) is 63.4 Å². The minimum absolute atomic E-state index is 0.0393. The lowest BCUT2D eigenvalue weighted by molar-refractivity contribution is -0.0264. The van der Waals surface area contributed by atoms with Crippen molar-refractivity contribution >= 4 is 0 Å². The molecule has 2 atom stereocenters. The van der Waals surface area contributed by atoms with E-state index in [1.165, 1.54) is 12.8 Å². The van der Waals surface area contributed by atoms with E-state index in [1.807, 2.05) is 0 Å². The van der Waals surface area contributed by atoms with Crippen LogP contribution in [0, 0.1) is 5.92 Å². The molecule has 112 valence electrons. The van der Waals surface area contributed by atoms with Crippen molar-refractivity contribution in [2.45, 2.75) is 31.8 Å². The first-order valence-corrected chi connectivity index (χ1v) is 7.64. The molecule has 3 heterocycles. The van der Waals surface area contributed by atoms with E-state index in [2.05, 4.69) is 27.4 Å². The van der Waals surface area contributed by atoms with Gasteiger partial charge in [0, 0.05) is 19.5 Å². The Bertz CT molecular complexity index is 417. The summed E-state index contributed by atoms with van der Waals surface area (Å²) in [6.45, 7) is 4.82. The van der Waals surface area contributed by atoms with Crippen molar-refractivity contribution < 1.29 is 9.26 Å². The molecule has 2 aliphatic rings. The summed E-state index contributed by atoms with van der Waals surface area (Å²) < 4.78 is 11.1. The highest BCUT2D eigenvalue weighted by Gasteiger charge is 2.24. The zero-order chi connectivity index (χ0) is 13.8. The molecule has 1 aromatic rings. The largest absolute Gasteiger partial charge is 0.367 e. The summed E-state index contributed by atoms with van der Waals surface area (Å²) in [6, 6.07) is 0. The fraction of sp³-hybridized carbons (Fsp3) is 0.857. The van der Waals surface area contributed by atoms with Gasteiger partial charge in [-0.1, -0.05) is 5.16 Å². The third-order valence-corrected chi connectivity index (χ3v) is 4.21. The summed E-state index contributed by atoms with van der Waals surface area (Å²) in [5.41, 5.74) is 0. The highest BCUT2D eigenvalue weighted by atomic mass is 16.5. The number of aromatic nitrogens is 2. The first-order valence-electron chi connectivity index (χ1n) is 7.64. The standard InChI is InChI=1S/C14H24N4O2/c1-18-7-8-19-12(10-18)14-16-13(20-17-14)5-4-11-3-2-6-15-9-11/h11-12,15H,2-10H2,1H3. The number of morpholine rings is 1. The zero-order valence-electron chi connectivity index (χ0n) is 12.2. The predicted octanol–water partition coefficient (Wildman–Crippen LogP) is 1.00. The summed E-state index contributed by atoms with van der Waals surface area (Å²) in [5, 5.41) is 7.53. The van der Waals surface area contributed by atoms with Gasteiger partial charge in [0.25, 0.3) is 0 Å². The lowest BCUT2D eigenvalue weighted by Crippen LogP contribution is -2.35. The van der Waals surface area contributed by atoms with Gasteiger partial charge in [-0.15, -0.1) is 0 Å². The number of rotatable bonds is 4.